The summed E-state index contributed by atoms with van der Waals surface area (Å²) in [6, 6.07) is 15.4. The van der Waals surface area contributed by atoms with Gasteiger partial charge >= 0.3 is 0 Å². The highest BCUT2D eigenvalue weighted by Crippen LogP contribution is 2.18. The molecule has 0 saturated heterocycles. The molecular weight excluding hydrogens is 286 g/mol. The zero-order valence-corrected chi connectivity index (χ0v) is 12.8. The second-order valence-electron chi connectivity index (χ2n) is 4.68. The summed E-state index contributed by atoms with van der Waals surface area (Å²) in [5, 5.41) is 0. The van der Waals surface area contributed by atoms with Crippen molar-refractivity contribution in [2.24, 2.45) is 0 Å². The van der Waals surface area contributed by atoms with Crippen molar-refractivity contribution in [2.75, 3.05) is 17.7 Å². The van der Waals surface area contributed by atoms with E-state index in [0.29, 0.717) is 12.1 Å². The maximum absolute atomic E-state index is 12.5. The van der Waals surface area contributed by atoms with Crippen LogP contribution in [-0.2, 0) is 9.84 Å². The zero-order valence-electron chi connectivity index (χ0n) is 12.0. The number of anilines is 1. The minimum absolute atomic E-state index is 0.149. The Morgan fingerprint density at radius 2 is 1.57 bits per heavy atom. The number of amides is 1. The molecule has 2 rings (SSSR count). The van der Waals surface area contributed by atoms with Gasteiger partial charge in [0.2, 0.25) is 0 Å². The van der Waals surface area contributed by atoms with E-state index in [1.54, 1.807) is 17.0 Å². The van der Waals surface area contributed by atoms with Crippen LogP contribution in [-0.4, -0.2) is 27.1 Å². The Morgan fingerprint density at radius 3 is 2.05 bits per heavy atom. The molecule has 0 bridgehead atoms. The van der Waals surface area contributed by atoms with Gasteiger partial charge in [-0.1, -0.05) is 18.2 Å². The van der Waals surface area contributed by atoms with E-state index in [1.807, 2.05) is 37.3 Å². The van der Waals surface area contributed by atoms with Crippen LogP contribution in [0.25, 0.3) is 0 Å². The summed E-state index contributed by atoms with van der Waals surface area (Å²) < 4.78 is 22.9. The molecule has 1 amide bonds. The van der Waals surface area contributed by atoms with E-state index >= 15 is 0 Å². The molecule has 4 nitrogen and oxygen atoms in total. The van der Waals surface area contributed by atoms with Crippen LogP contribution >= 0.6 is 0 Å². The molecule has 0 N–H and O–H groups in total. The molecule has 110 valence electrons. The zero-order chi connectivity index (χ0) is 15.5. The molecule has 2 aromatic carbocycles. The summed E-state index contributed by atoms with van der Waals surface area (Å²) in [5.41, 5.74) is 1.28. The molecular formula is C16H17NO3S. The summed E-state index contributed by atoms with van der Waals surface area (Å²) in [4.78, 5) is 14.4. The molecule has 0 spiro atoms. The van der Waals surface area contributed by atoms with Crippen molar-refractivity contribution < 1.29 is 13.2 Å². The summed E-state index contributed by atoms with van der Waals surface area (Å²) >= 11 is 0. The average molecular weight is 303 g/mol. The quantitative estimate of drug-likeness (QED) is 0.872. The lowest BCUT2D eigenvalue weighted by Crippen LogP contribution is -2.30. The van der Waals surface area contributed by atoms with Crippen molar-refractivity contribution in [1.29, 1.82) is 0 Å². The third-order valence-corrected chi connectivity index (χ3v) is 4.29. The standard InChI is InChI=1S/C16H17NO3S/c1-3-17(14-7-5-4-6-8-14)16(18)13-9-11-15(12-10-13)21(2,19)20/h4-12H,3H2,1-2H3. The average Bonchev–Trinajstić information content (AvgIpc) is 2.48. The Morgan fingerprint density at radius 1 is 1.00 bits per heavy atom. The second kappa shape index (κ2) is 6.10. The van der Waals surface area contributed by atoms with Crippen LogP contribution in [0.15, 0.2) is 59.5 Å². The number of rotatable bonds is 4. The lowest BCUT2D eigenvalue weighted by atomic mass is 10.2. The number of hydrogen-bond acceptors (Lipinski definition) is 3. The van der Waals surface area contributed by atoms with E-state index in [9.17, 15) is 13.2 Å². The van der Waals surface area contributed by atoms with E-state index in [0.717, 1.165) is 11.9 Å². The molecule has 5 heteroatoms. The summed E-state index contributed by atoms with van der Waals surface area (Å²) in [6.07, 6.45) is 1.14. The number of carbonyl (C=O) groups is 1. The minimum Gasteiger partial charge on any atom is -0.309 e. The summed E-state index contributed by atoms with van der Waals surface area (Å²) in [5.74, 6) is -0.149. The molecule has 0 aromatic heterocycles. The van der Waals surface area contributed by atoms with Gasteiger partial charge in [0.05, 0.1) is 4.90 Å². The number of carbonyl (C=O) groups excluding carboxylic acids is 1. The minimum atomic E-state index is -3.25. The Bertz CT molecular complexity index is 722. The van der Waals surface area contributed by atoms with Gasteiger partial charge in [0.15, 0.2) is 9.84 Å². The van der Waals surface area contributed by atoms with Crippen molar-refractivity contribution in [2.45, 2.75) is 11.8 Å². The number of benzene rings is 2. The Labute approximate surface area is 124 Å². The van der Waals surface area contributed by atoms with Crippen LogP contribution in [0.2, 0.25) is 0 Å². The van der Waals surface area contributed by atoms with Crippen molar-refractivity contribution in [3.63, 3.8) is 0 Å². The molecule has 0 radical (unpaired) electrons. The van der Waals surface area contributed by atoms with Gasteiger partial charge in [-0.2, -0.15) is 0 Å². The molecule has 0 fully saturated rings. The fourth-order valence-electron chi connectivity index (χ4n) is 2.05. The predicted molar refractivity (Wildman–Crippen MR) is 83.3 cm³/mol. The highest BCUT2D eigenvalue weighted by molar-refractivity contribution is 7.90. The van der Waals surface area contributed by atoms with Crippen LogP contribution in [0.1, 0.15) is 17.3 Å². The topological polar surface area (TPSA) is 54.5 Å². The van der Waals surface area contributed by atoms with Crippen LogP contribution in [0.4, 0.5) is 5.69 Å². The first-order valence-corrected chi connectivity index (χ1v) is 8.49. The molecule has 21 heavy (non-hydrogen) atoms. The maximum atomic E-state index is 12.5. The van der Waals surface area contributed by atoms with E-state index in [1.165, 1.54) is 12.1 Å². The third kappa shape index (κ3) is 3.49. The lowest BCUT2D eigenvalue weighted by molar-refractivity contribution is 0.0988. The molecule has 0 heterocycles. The summed E-state index contributed by atoms with van der Waals surface area (Å²) in [7, 11) is -3.25. The van der Waals surface area contributed by atoms with Crippen molar-refractivity contribution >= 4 is 21.4 Å². The van der Waals surface area contributed by atoms with Gasteiger partial charge < -0.3 is 4.90 Å². The summed E-state index contributed by atoms with van der Waals surface area (Å²) in [6.45, 7) is 2.44. The van der Waals surface area contributed by atoms with Crippen molar-refractivity contribution in [1.82, 2.24) is 0 Å². The molecule has 0 aliphatic heterocycles. The molecule has 0 unspecified atom stereocenters. The number of nitrogens with zero attached hydrogens (tertiary/aromatic N) is 1. The van der Waals surface area contributed by atoms with E-state index < -0.39 is 9.84 Å². The van der Waals surface area contributed by atoms with E-state index in [2.05, 4.69) is 0 Å². The lowest BCUT2D eigenvalue weighted by Gasteiger charge is -2.21. The predicted octanol–water partition coefficient (Wildman–Crippen LogP) is 2.76. The van der Waals surface area contributed by atoms with Gasteiger partial charge in [-0.15, -0.1) is 0 Å². The monoisotopic (exact) mass is 303 g/mol. The maximum Gasteiger partial charge on any atom is 0.258 e. The fourth-order valence-corrected chi connectivity index (χ4v) is 2.68. The van der Waals surface area contributed by atoms with E-state index in [4.69, 9.17) is 0 Å². The normalized spacial score (nSPS) is 11.1. The Hall–Kier alpha value is -2.14. The second-order valence-corrected chi connectivity index (χ2v) is 6.70. The molecule has 2 aromatic rings. The van der Waals surface area contributed by atoms with E-state index in [-0.39, 0.29) is 10.8 Å². The molecule has 0 aliphatic rings. The van der Waals surface area contributed by atoms with Gasteiger partial charge in [0.1, 0.15) is 0 Å². The Balaban J connectivity index is 2.31. The first-order chi connectivity index (χ1) is 9.93. The van der Waals surface area contributed by atoms with Crippen LogP contribution in [0.3, 0.4) is 0 Å². The fraction of sp³-hybridized carbons (Fsp3) is 0.188. The van der Waals surface area contributed by atoms with Crippen molar-refractivity contribution in [3.05, 3.63) is 60.2 Å². The van der Waals surface area contributed by atoms with Crippen LogP contribution in [0.5, 0.6) is 0 Å². The third-order valence-electron chi connectivity index (χ3n) is 3.16. The van der Waals surface area contributed by atoms with Gasteiger partial charge in [-0.25, -0.2) is 8.42 Å². The largest absolute Gasteiger partial charge is 0.309 e. The highest BCUT2D eigenvalue weighted by Gasteiger charge is 2.16. The Kier molecular flexibility index (Phi) is 4.43. The molecule has 0 atom stereocenters. The van der Waals surface area contributed by atoms with Crippen molar-refractivity contribution in [3.8, 4) is 0 Å². The van der Waals surface area contributed by atoms with Gasteiger partial charge in [-0.3, -0.25) is 4.79 Å². The smallest absolute Gasteiger partial charge is 0.258 e. The van der Waals surface area contributed by atoms with Gasteiger partial charge in [-0.05, 0) is 43.3 Å². The SMILES string of the molecule is CCN(C(=O)c1ccc(S(C)(=O)=O)cc1)c1ccccc1. The first-order valence-electron chi connectivity index (χ1n) is 6.60. The molecule has 0 saturated carbocycles. The number of para-hydroxylation sites is 1. The highest BCUT2D eigenvalue weighted by atomic mass is 32.2. The van der Waals surface area contributed by atoms with Gasteiger partial charge in [0, 0.05) is 24.1 Å². The first kappa shape index (κ1) is 15.3. The number of sulfone groups is 1. The van der Waals surface area contributed by atoms with Crippen LogP contribution in [0, 0.1) is 0 Å². The van der Waals surface area contributed by atoms with Crippen LogP contribution < -0.4 is 4.90 Å². The molecule has 0 aliphatic carbocycles. The van der Waals surface area contributed by atoms with Gasteiger partial charge in [0.25, 0.3) is 5.91 Å². The number of hydrogen-bond donors (Lipinski definition) is 0.